The molecule has 0 bridgehead atoms. The number of thiophene rings is 1. The van der Waals surface area contributed by atoms with Crippen LogP contribution in [0, 0.1) is 0 Å². The molecule has 10 aromatic carbocycles. The molecule has 0 radical (unpaired) electrons. The van der Waals surface area contributed by atoms with Crippen molar-refractivity contribution < 1.29 is 0 Å². The molecule has 0 atom stereocenters. The first-order chi connectivity index (χ1) is 29.3. The number of nitrogens with zero attached hydrogens (tertiary/aromatic N) is 1. The van der Waals surface area contributed by atoms with Crippen molar-refractivity contribution in [1.29, 1.82) is 0 Å². The Morgan fingerprint density at radius 3 is 1.46 bits per heavy atom. The van der Waals surface area contributed by atoms with E-state index in [4.69, 9.17) is 0 Å². The first kappa shape index (κ1) is 32.8. The van der Waals surface area contributed by atoms with Crippen LogP contribution < -0.4 is 4.90 Å². The van der Waals surface area contributed by atoms with Crippen molar-refractivity contribution in [2.45, 2.75) is 5.41 Å². The van der Waals surface area contributed by atoms with Crippen LogP contribution in [0.4, 0.5) is 17.1 Å². The lowest BCUT2D eigenvalue weighted by Crippen LogP contribution is -2.26. The molecule has 0 amide bonds. The number of benzene rings is 10. The lowest BCUT2D eigenvalue weighted by atomic mass is 9.70. The SMILES string of the molecule is c1cc(-c2cc3ccccc3s2)cc(N(c2ccc3c(c2)C2(c4ccccc4-c4ccccc42)c2ccccc2-3)c2ccc3c4ccccc4c4ccccc4c3c2)c1. The highest BCUT2D eigenvalue weighted by molar-refractivity contribution is 7.22. The van der Waals surface area contributed by atoms with E-state index in [1.54, 1.807) is 0 Å². The Kier molecular flexibility index (Phi) is 6.87. The second-order valence-corrected chi connectivity index (χ2v) is 17.1. The molecule has 13 rings (SSSR count). The zero-order chi connectivity index (χ0) is 38.7. The van der Waals surface area contributed by atoms with E-state index in [1.165, 1.54) is 97.4 Å². The van der Waals surface area contributed by atoms with Crippen LogP contribution in [0.2, 0.25) is 0 Å². The zero-order valence-corrected chi connectivity index (χ0v) is 32.9. The Morgan fingerprint density at radius 1 is 0.322 bits per heavy atom. The van der Waals surface area contributed by atoms with Gasteiger partial charge in [-0.1, -0.05) is 164 Å². The van der Waals surface area contributed by atoms with Crippen LogP contribution in [0.25, 0.3) is 75.1 Å². The molecule has 59 heavy (non-hydrogen) atoms. The summed E-state index contributed by atoms with van der Waals surface area (Å²) < 4.78 is 1.30. The molecule has 274 valence electrons. The van der Waals surface area contributed by atoms with E-state index in [1.807, 2.05) is 11.3 Å². The minimum Gasteiger partial charge on any atom is -0.310 e. The lowest BCUT2D eigenvalue weighted by molar-refractivity contribution is 0.793. The monoisotopic (exact) mass is 765 g/mol. The van der Waals surface area contributed by atoms with E-state index in [0.717, 1.165) is 17.1 Å². The van der Waals surface area contributed by atoms with Crippen LogP contribution in [0.3, 0.4) is 0 Å². The Morgan fingerprint density at radius 2 is 0.814 bits per heavy atom. The summed E-state index contributed by atoms with van der Waals surface area (Å²) in [6.07, 6.45) is 0. The van der Waals surface area contributed by atoms with Gasteiger partial charge in [0, 0.05) is 26.6 Å². The maximum absolute atomic E-state index is 2.50. The summed E-state index contributed by atoms with van der Waals surface area (Å²) in [7, 11) is 0. The Labute approximate surface area is 346 Å². The highest BCUT2D eigenvalue weighted by Gasteiger charge is 2.51. The van der Waals surface area contributed by atoms with Gasteiger partial charge >= 0.3 is 0 Å². The van der Waals surface area contributed by atoms with Gasteiger partial charge in [-0.15, -0.1) is 11.3 Å². The Hall–Kier alpha value is -7.26. The topological polar surface area (TPSA) is 3.24 Å². The summed E-state index contributed by atoms with van der Waals surface area (Å²) >= 11 is 1.86. The van der Waals surface area contributed by atoms with Gasteiger partial charge in [-0.25, -0.2) is 0 Å². The number of fused-ring (bicyclic) bond motifs is 17. The molecule has 0 saturated heterocycles. The summed E-state index contributed by atoms with van der Waals surface area (Å²) in [5, 5.41) is 8.92. The van der Waals surface area contributed by atoms with Crippen LogP contribution in [0.5, 0.6) is 0 Å². The van der Waals surface area contributed by atoms with Crippen molar-refractivity contribution in [3.8, 4) is 32.7 Å². The standard InChI is InChI=1S/C57H35NS/c1-12-27-55-37(14-1)33-56(59-55)36-15-13-16-38(32-36)58(39-28-30-45-43-19-3-2-17-41(43)42-18-4-5-20-44(42)50(45)34-39)40-29-31-49-48-23-8-11-26-53(48)57(54(49)35-40)51-24-9-6-21-46(51)47-22-7-10-25-52(47)57/h1-35H. The van der Waals surface area contributed by atoms with Crippen molar-refractivity contribution in [3.05, 3.63) is 235 Å². The Balaban J connectivity index is 1.09. The third kappa shape index (κ3) is 4.55. The number of hydrogen-bond acceptors (Lipinski definition) is 2. The van der Waals surface area contributed by atoms with E-state index in [2.05, 4.69) is 217 Å². The van der Waals surface area contributed by atoms with Crippen LogP contribution in [-0.2, 0) is 5.41 Å². The first-order valence-electron chi connectivity index (χ1n) is 20.4. The predicted molar refractivity (Wildman–Crippen MR) is 251 cm³/mol. The summed E-state index contributed by atoms with van der Waals surface area (Å²) in [4.78, 5) is 3.76. The second-order valence-electron chi connectivity index (χ2n) is 16.0. The van der Waals surface area contributed by atoms with Crippen molar-refractivity contribution >= 4 is 70.8 Å². The fraction of sp³-hybridized carbons (Fsp3) is 0.0175. The molecule has 2 aliphatic rings. The van der Waals surface area contributed by atoms with E-state index >= 15 is 0 Å². The van der Waals surface area contributed by atoms with Gasteiger partial charge in [0.1, 0.15) is 0 Å². The van der Waals surface area contributed by atoms with Crippen molar-refractivity contribution in [2.75, 3.05) is 4.90 Å². The molecule has 1 heterocycles. The second kappa shape index (κ2) is 12.4. The normalized spacial score (nSPS) is 13.2. The molecule has 0 fully saturated rings. The van der Waals surface area contributed by atoms with E-state index in [0.29, 0.717) is 0 Å². The van der Waals surface area contributed by atoms with Gasteiger partial charge in [-0.2, -0.15) is 0 Å². The van der Waals surface area contributed by atoms with Crippen molar-refractivity contribution in [2.24, 2.45) is 0 Å². The van der Waals surface area contributed by atoms with Gasteiger partial charge in [0.05, 0.1) is 5.41 Å². The van der Waals surface area contributed by atoms with Crippen LogP contribution in [-0.4, -0.2) is 0 Å². The fourth-order valence-corrected chi connectivity index (χ4v) is 11.7. The molecule has 2 aliphatic carbocycles. The zero-order valence-electron chi connectivity index (χ0n) is 32.1. The third-order valence-corrected chi connectivity index (χ3v) is 14.2. The number of rotatable bonds is 4. The molecule has 1 spiro atoms. The molecule has 0 saturated carbocycles. The highest BCUT2D eigenvalue weighted by Crippen LogP contribution is 2.63. The molecule has 0 aliphatic heterocycles. The quantitative estimate of drug-likeness (QED) is 0.161. The largest absolute Gasteiger partial charge is 0.310 e. The summed E-state index contributed by atoms with van der Waals surface area (Å²) in [6.45, 7) is 0. The fourth-order valence-electron chi connectivity index (χ4n) is 10.6. The summed E-state index contributed by atoms with van der Waals surface area (Å²) in [5.41, 5.74) is 14.8. The maximum Gasteiger partial charge on any atom is 0.0726 e. The first-order valence-corrected chi connectivity index (χ1v) is 21.2. The molecule has 0 N–H and O–H groups in total. The minimum atomic E-state index is -0.432. The van der Waals surface area contributed by atoms with Crippen LogP contribution in [0.15, 0.2) is 212 Å². The molecule has 1 aromatic heterocycles. The van der Waals surface area contributed by atoms with Gasteiger partial charge in [0.15, 0.2) is 0 Å². The van der Waals surface area contributed by atoms with E-state index in [-0.39, 0.29) is 0 Å². The Bertz CT molecular complexity index is 3400. The molecule has 11 aromatic rings. The highest BCUT2D eigenvalue weighted by atomic mass is 32.1. The van der Waals surface area contributed by atoms with Crippen molar-refractivity contribution in [1.82, 2.24) is 0 Å². The molecular formula is C57H35NS. The molecular weight excluding hydrogens is 731 g/mol. The van der Waals surface area contributed by atoms with E-state index < -0.39 is 5.41 Å². The third-order valence-electron chi connectivity index (χ3n) is 13.0. The molecule has 2 heteroatoms. The van der Waals surface area contributed by atoms with Gasteiger partial charge in [0.25, 0.3) is 0 Å². The van der Waals surface area contributed by atoms with E-state index in [9.17, 15) is 0 Å². The maximum atomic E-state index is 2.50. The van der Waals surface area contributed by atoms with Gasteiger partial charge in [0.2, 0.25) is 0 Å². The summed E-state index contributed by atoms with van der Waals surface area (Å²) in [6, 6.07) is 79.4. The molecule has 1 nitrogen and oxygen atoms in total. The van der Waals surface area contributed by atoms with Crippen molar-refractivity contribution in [3.63, 3.8) is 0 Å². The van der Waals surface area contributed by atoms with Crippen LogP contribution in [0.1, 0.15) is 22.3 Å². The summed E-state index contributed by atoms with van der Waals surface area (Å²) in [5.74, 6) is 0. The van der Waals surface area contributed by atoms with Crippen LogP contribution >= 0.6 is 11.3 Å². The predicted octanol–water partition coefficient (Wildman–Crippen LogP) is 15.8. The average molecular weight is 766 g/mol. The smallest absolute Gasteiger partial charge is 0.0726 e. The van der Waals surface area contributed by atoms with Gasteiger partial charge in [-0.3, -0.25) is 0 Å². The number of hydrogen-bond donors (Lipinski definition) is 0. The average Bonchev–Trinajstić information content (AvgIpc) is 3.97. The lowest BCUT2D eigenvalue weighted by Gasteiger charge is -2.32. The number of anilines is 3. The van der Waals surface area contributed by atoms with Gasteiger partial charge in [-0.05, 0) is 136 Å². The molecule has 0 unspecified atom stereocenters. The van der Waals surface area contributed by atoms with Gasteiger partial charge < -0.3 is 4.90 Å². The minimum absolute atomic E-state index is 0.432.